The van der Waals surface area contributed by atoms with Crippen molar-refractivity contribution in [3.05, 3.63) is 33.9 Å². The Morgan fingerprint density at radius 3 is 2.65 bits per heavy atom. The number of nitro benzene ring substituents is 1. The van der Waals surface area contributed by atoms with E-state index < -0.39 is 0 Å². The lowest BCUT2D eigenvalue weighted by atomic mass is 10.1. The van der Waals surface area contributed by atoms with Gasteiger partial charge in [0, 0.05) is 29.9 Å². The van der Waals surface area contributed by atoms with Gasteiger partial charge in [-0.15, -0.1) is 0 Å². The van der Waals surface area contributed by atoms with E-state index in [1.165, 1.54) is 6.07 Å². The van der Waals surface area contributed by atoms with E-state index in [1.807, 2.05) is 6.07 Å². The van der Waals surface area contributed by atoms with E-state index >= 15 is 0 Å². The summed E-state index contributed by atoms with van der Waals surface area (Å²) in [5.41, 5.74) is 1.74. The Bertz CT molecular complexity index is 447. The van der Waals surface area contributed by atoms with Crippen LogP contribution in [0.15, 0.2) is 18.2 Å². The van der Waals surface area contributed by atoms with Crippen LogP contribution in [-0.4, -0.2) is 36.0 Å². The first-order valence-corrected chi connectivity index (χ1v) is 7.11. The highest BCUT2D eigenvalue weighted by molar-refractivity contribution is 5.59. The minimum atomic E-state index is -0.335. The molecule has 5 nitrogen and oxygen atoms in total. The molecule has 0 heterocycles. The molecule has 0 fully saturated rings. The van der Waals surface area contributed by atoms with Gasteiger partial charge < -0.3 is 10.2 Å². The van der Waals surface area contributed by atoms with Crippen LogP contribution in [0.5, 0.6) is 0 Å². The first-order chi connectivity index (χ1) is 9.43. The number of anilines is 1. The van der Waals surface area contributed by atoms with Crippen molar-refractivity contribution in [1.82, 2.24) is 4.90 Å². The molecule has 0 saturated heterocycles. The molecule has 0 saturated carbocycles. The van der Waals surface area contributed by atoms with Crippen LogP contribution < -0.4 is 5.32 Å². The van der Waals surface area contributed by atoms with Gasteiger partial charge in [-0.2, -0.15) is 0 Å². The lowest BCUT2D eigenvalue weighted by Gasteiger charge is -2.20. The number of hydrogen-bond donors (Lipinski definition) is 1. The first kappa shape index (κ1) is 16.4. The van der Waals surface area contributed by atoms with Crippen molar-refractivity contribution in [2.45, 2.75) is 39.7 Å². The van der Waals surface area contributed by atoms with E-state index in [2.05, 4.69) is 31.1 Å². The minimum absolute atomic E-state index is 0.176. The Morgan fingerprint density at radius 2 is 2.05 bits per heavy atom. The fourth-order valence-electron chi connectivity index (χ4n) is 1.98. The molecule has 0 aliphatic rings. The molecular weight excluding hydrogens is 254 g/mol. The fraction of sp³-hybridized carbons (Fsp3) is 0.600. The van der Waals surface area contributed by atoms with Gasteiger partial charge in [0.2, 0.25) is 0 Å². The predicted molar refractivity (Wildman–Crippen MR) is 83.3 cm³/mol. The Labute approximate surface area is 121 Å². The van der Waals surface area contributed by atoms with Gasteiger partial charge in [0.15, 0.2) is 0 Å². The number of unbranched alkanes of at least 4 members (excludes halogenated alkanes) is 1. The van der Waals surface area contributed by atoms with Crippen molar-refractivity contribution >= 4 is 11.4 Å². The summed E-state index contributed by atoms with van der Waals surface area (Å²) in [4.78, 5) is 12.8. The van der Waals surface area contributed by atoms with Crippen molar-refractivity contribution in [3.63, 3.8) is 0 Å². The molecule has 0 unspecified atom stereocenters. The highest BCUT2D eigenvalue weighted by Gasteiger charge is 2.12. The van der Waals surface area contributed by atoms with Crippen molar-refractivity contribution in [3.8, 4) is 0 Å². The van der Waals surface area contributed by atoms with Crippen LogP contribution >= 0.6 is 0 Å². The largest absolute Gasteiger partial charge is 0.385 e. The lowest BCUT2D eigenvalue weighted by Crippen LogP contribution is -2.27. The molecule has 1 rings (SSSR count). The molecule has 20 heavy (non-hydrogen) atoms. The summed E-state index contributed by atoms with van der Waals surface area (Å²) in [7, 11) is 2.13. The van der Waals surface area contributed by atoms with Crippen LogP contribution in [0, 0.1) is 17.0 Å². The first-order valence-electron chi connectivity index (χ1n) is 7.11. The van der Waals surface area contributed by atoms with Gasteiger partial charge in [-0.1, -0.05) is 6.07 Å². The number of nitro groups is 1. The van der Waals surface area contributed by atoms with Gasteiger partial charge in [0.05, 0.1) is 4.92 Å². The molecule has 0 spiro atoms. The zero-order valence-corrected chi connectivity index (χ0v) is 12.8. The molecule has 0 aromatic heterocycles. The van der Waals surface area contributed by atoms with Gasteiger partial charge in [-0.25, -0.2) is 0 Å². The third kappa shape index (κ3) is 4.81. The molecule has 0 atom stereocenters. The molecule has 0 aliphatic heterocycles. The Hall–Kier alpha value is -1.62. The summed E-state index contributed by atoms with van der Waals surface area (Å²) in [5.74, 6) is 0. The summed E-state index contributed by atoms with van der Waals surface area (Å²) in [6, 6.07) is 5.72. The maximum absolute atomic E-state index is 10.9. The van der Waals surface area contributed by atoms with Gasteiger partial charge in [0.1, 0.15) is 0 Å². The smallest absolute Gasteiger partial charge is 0.274 e. The molecule has 1 aromatic rings. The second-order valence-corrected chi connectivity index (χ2v) is 5.42. The van der Waals surface area contributed by atoms with Crippen LogP contribution in [0.3, 0.4) is 0 Å². The zero-order valence-electron chi connectivity index (χ0n) is 12.8. The lowest BCUT2D eigenvalue weighted by molar-refractivity contribution is -0.385. The number of rotatable bonds is 8. The van der Waals surface area contributed by atoms with E-state index in [0.29, 0.717) is 11.6 Å². The maximum atomic E-state index is 10.9. The highest BCUT2D eigenvalue weighted by Crippen LogP contribution is 2.24. The van der Waals surface area contributed by atoms with Gasteiger partial charge in [-0.05, 0) is 53.3 Å². The Morgan fingerprint density at radius 1 is 1.35 bits per heavy atom. The third-order valence-corrected chi connectivity index (χ3v) is 3.64. The van der Waals surface area contributed by atoms with Crippen molar-refractivity contribution in [1.29, 1.82) is 0 Å². The van der Waals surface area contributed by atoms with Crippen molar-refractivity contribution in [2.24, 2.45) is 0 Å². The molecule has 112 valence electrons. The average molecular weight is 279 g/mol. The van der Waals surface area contributed by atoms with Crippen LogP contribution in [0.2, 0.25) is 0 Å². The molecule has 0 amide bonds. The SMILES string of the molecule is Cc1c(NCCCCN(C)C(C)C)cccc1[N+](=O)[O-]. The summed E-state index contributed by atoms with van der Waals surface area (Å²) in [6.45, 7) is 8.07. The average Bonchev–Trinajstić information content (AvgIpc) is 2.39. The van der Waals surface area contributed by atoms with E-state index in [4.69, 9.17) is 0 Å². The molecule has 1 N–H and O–H groups in total. The van der Waals surface area contributed by atoms with Crippen molar-refractivity contribution in [2.75, 3.05) is 25.5 Å². The molecule has 0 aliphatic carbocycles. The number of hydrogen-bond acceptors (Lipinski definition) is 4. The third-order valence-electron chi connectivity index (χ3n) is 3.64. The molecular formula is C15H25N3O2. The fourth-order valence-corrected chi connectivity index (χ4v) is 1.98. The van der Waals surface area contributed by atoms with E-state index in [1.54, 1.807) is 13.0 Å². The summed E-state index contributed by atoms with van der Waals surface area (Å²) in [5, 5.41) is 14.1. The van der Waals surface area contributed by atoms with E-state index in [9.17, 15) is 10.1 Å². The van der Waals surface area contributed by atoms with Gasteiger partial charge >= 0.3 is 0 Å². The van der Waals surface area contributed by atoms with Gasteiger partial charge in [0.25, 0.3) is 5.69 Å². The topological polar surface area (TPSA) is 58.4 Å². The van der Waals surface area contributed by atoms with Gasteiger partial charge in [-0.3, -0.25) is 10.1 Å². The molecule has 0 radical (unpaired) electrons. The standard InChI is InChI=1S/C15H25N3O2/c1-12(2)17(4)11-6-5-10-16-14-8-7-9-15(13(14)3)18(19)20/h7-9,12,16H,5-6,10-11H2,1-4H3. The zero-order chi connectivity index (χ0) is 15.1. The summed E-state index contributed by atoms with van der Waals surface area (Å²) < 4.78 is 0. The second-order valence-electron chi connectivity index (χ2n) is 5.42. The monoisotopic (exact) mass is 279 g/mol. The Balaban J connectivity index is 2.40. The van der Waals surface area contributed by atoms with Crippen LogP contribution in [-0.2, 0) is 0 Å². The number of benzene rings is 1. The van der Waals surface area contributed by atoms with E-state index in [-0.39, 0.29) is 10.6 Å². The minimum Gasteiger partial charge on any atom is -0.385 e. The number of nitrogens with zero attached hydrogens (tertiary/aromatic N) is 2. The molecule has 1 aromatic carbocycles. The normalized spacial score (nSPS) is 11.1. The molecule has 5 heteroatoms. The summed E-state index contributed by atoms with van der Waals surface area (Å²) in [6.07, 6.45) is 2.18. The second kappa shape index (κ2) is 7.85. The van der Waals surface area contributed by atoms with Crippen LogP contribution in [0.1, 0.15) is 32.3 Å². The summed E-state index contributed by atoms with van der Waals surface area (Å²) >= 11 is 0. The Kier molecular flexibility index (Phi) is 6.45. The van der Waals surface area contributed by atoms with Crippen LogP contribution in [0.25, 0.3) is 0 Å². The highest BCUT2D eigenvalue weighted by atomic mass is 16.6. The van der Waals surface area contributed by atoms with Crippen molar-refractivity contribution < 1.29 is 4.92 Å². The maximum Gasteiger partial charge on any atom is 0.274 e. The van der Waals surface area contributed by atoms with Crippen LogP contribution in [0.4, 0.5) is 11.4 Å². The van der Waals surface area contributed by atoms with E-state index in [0.717, 1.165) is 31.6 Å². The molecule has 0 bridgehead atoms. The number of nitrogens with one attached hydrogen (secondary N) is 1. The quantitative estimate of drug-likeness (QED) is 0.450. The predicted octanol–water partition coefficient (Wildman–Crippen LogP) is 3.44.